The average molecular weight is 461 g/mol. The molecule has 178 valence electrons. The molecule has 0 saturated carbocycles. The lowest BCUT2D eigenvalue weighted by atomic mass is 9.85. The second-order valence-electron chi connectivity index (χ2n) is 10.1. The molecule has 3 aromatic rings. The summed E-state index contributed by atoms with van der Waals surface area (Å²) in [5.74, 6) is 0.841. The third kappa shape index (κ3) is 4.52. The number of aromatic nitrogens is 2. The van der Waals surface area contributed by atoms with E-state index in [0.29, 0.717) is 11.7 Å². The third-order valence-corrected chi connectivity index (χ3v) is 7.18. The summed E-state index contributed by atoms with van der Waals surface area (Å²) in [6.07, 6.45) is 10.8. The molecule has 0 spiro atoms. The SMILES string of the molecule is CC(C)(NC(=O)COc1ccccc1)C(=O)N1C2CCC1CC(Cc1nccn3cccc13)C2. The van der Waals surface area contributed by atoms with Gasteiger partial charge in [-0.2, -0.15) is 0 Å². The van der Waals surface area contributed by atoms with Gasteiger partial charge in [-0.05, 0) is 76.1 Å². The molecule has 2 saturated heterocycles. The Morgan fingerprint density at radius 2 is 1.79 bits per heavy atom. The van der Waals surface area contributed by atoms with Gasteiger partial charge in [0.05, 0.1) is 11.2 Å². The van der Waals surface area contributed by atoms with E-state index in [4.69, 9.17) is 4.74 Å². The predicted molar refractivity (Wildman–Crippen MR) is 129 cm³/mol. The van der Waals surface area contributed by atoms with E-state index in [9.17, 15) is 9.59 Å². The zero-order chi connectivity index (χ0) is 23.7. The lowest BCUT2D eigenvalue weighted by Gasteiger charge is -2.42. The number of hydrogen-bond donors (Lipinski definition) is 1. The Morgan fingerprint density at radius 3 is 2.53 bits per heavy atom. The first-order chi connectivity index (χ1) is 16.4. The summed E-state index contributed by atoms with van der Waals surface area (Å²) in [6, 6.07) is 13.8. The number of fused-ring (bicyclic) bond motifs is 3. The van der Waals surface area contributed by atoms with E-state index in [1.807, 2.05) is 42.9 Å². The van der Waals surface area contributed by atoms with Gasteiger partial charge in [0.2, 0.25) is 5.91 Å². The molecule has 2 aliphatic heterocycles. The van der Waals surface area contributed by atoms with Gasteiger partial charge in [0.1, 0.15) is 11.3 Å². The van der Waals surface area contributed by atoms with Gasteiger partial charge in [0, 0.05) is 30.7 Å². The van der Waals surface area contributed by atoms with Crippen LogP contribution in [0.2, 0.25) is 0 Å². The molecule has 2 bridgehead atoms. The van der Waals surface area contributed by atoms with Gasteiger partial charge in [-0.3, -0.25) is 14.6 Å². The van der Waals surface area contributed by atoms with Crippen molar-refractivity contribution in [2.45, 2.75) is 63.6 Å². The van der Waals surface area contributed by atoms with Crippen LogP contribution in [0, 0.1) is 5.92 Å². The number of rotatable bonds is 7. The van der Waals surface area contributed by atoms with Crippen LogP contribution in [-0.2, 0) is 16.0 Å². The number of hydrogen-bond acceptors (Lipinski definition) is 4. The van der Waals surface area contributed by atoms with Crippen LogP contribution < -0.4 is 10.1 Å². The standard InChI is InChI=1S/C27H32N4O3/c1-27(2,29-25(32)18-34-22-7-4-3-5-8-22)26(33)31-20-10-11-21(31)16-19(15-20)17-23-24-9-6-13-30(24)14-12-28-23/h3-9,12-14,19-21H,10-11,15-18H2,1-2H3,(H,29,32). The number of carbonyl (C=O) groups excluding carboxylic acids is 2. The first kappa shape index (κ1) is 22.4. The normalized spacial score (nSPS) is 22.1. The molecule has 0 radical (unpaired) electrons. The maximum atomic E-state index is 13.6. The Hall–Kier alpha value is -3.35. The lowest BCUT2D eigenvalue weighted by Crippen LogP contribution is -2.60. The largest absolute Gasteiger partial charge is 0.484 e. The molecule has 5 rings (SSSR count). The third-order valence-electron chi connectivity index (χ3n) is 7.18. The van der Waals surface area contributed by atoms with Crippen molar-refractivity contribution >= 4 is 17.3 Å². The van der Waals surface area contributed by atoms with Crippen molar-refractivity contribution in [3.8, 4) is 5.75 Å². The number of carbonyl (C=O) groups is 2. The molecular weight excluding hydrogens is 428 g/mol. The number of piperidine rings is 1. The fourth-order valence-corrected chi connectivity index (χ4v) is 5.67. The Kier molecular flexibility index (Phi) is 6.02. The van der Waals surface area contributed by atoms with E-state index in [2.05, 4.69) is 25.7 Å². The van der Waals surface area contributed by atoms with E-state index in [-0.39, 0.29) is 30.5 Å². The van der Waals surface area contributed by atoms with Crippen LogP contribution in [0.3, 0.4) is 0 Å². The van der Waals surface area contributed by atoms with Gasteiger partial charge in [-0.1, -0.05) is 18.2 Å². The average Bonchev–Trinajstić information content (AvgIpc) is 3.40. The Bertz CT molecular complexity index is 1160. The van der Waals surface area contributed by atoms with Gasteiger partial charge in [0.25, 0.3) is 5.91 Å². The number of nitrogens with zero attached hydrogens (tertiary/aromatic N) is 3. The molecule has 1 aromatic carbocycles. The molecule has 0 aliphatic carbocycles. The van der Waals surface area contributed by atoms with Crippen LogP contribution >= 0.6 is 0 Å². The van der Waals surface area contributed by atoms with Crippen molar-refractivity contribution < 1.29 is 14.3 Å². The fourth-order valence-electron chi connectivity index (χ4n) is 5.67. The summed E-state index contributed by atoms with van der Waals surface area (Å²) < 4.78 is 7.66. The van der Waals surface area contributed by atoms with Crippen molar-refractivity contribution in [2.75, 3.05) is 6.61 Å². The smallest absolute Gasteiger partial charge is 0.258 e. The van der Waals surface area contributed by atoms with E-state index >= 15 is 0 Å². The zero-order valence-electron chi connectivity index (χ0n) is 19.8. The summed E-state index contributed by atoms with van der Waals surface area (Å²) in [5, 5.41) is 2.89. The van der Waals surface area contributed by atoms with E-state index in [1.165, 1.54) is 0 Å². The zero-order valence-corrected chi connectivity index (χ0v) is 19.8. The first-order valence-electron chi connectivity index (χ1n) is 12.1. The Morgan fingerprint density at radius 1 is 1.06 bits per heavy atom. The maximum absolute atomic E-state index is 13.6. The summed E-state index contributed by atoms with van der Waals surface area (Å²) in [4.78, 5) is 32.8. The molecule has 7 heteroatoms. The van der Waals surface area contributed by atoms with Gasteiger partial charge in [0.15, 0.2) is 6.61 Å². The molecule has 1 N–H and O–H groups in total. The molecule has 34 heavy (non-hydrogen) atoms. The van der Waals surface area contributed by atoms with Crippen molar-refractivity contribution in [1.29, 1.82) is 0 Å². The topological polar surface area (TPSA) is 75.9 Å². The second kappa shape index (κ2) is 9.12. The lowest BCUT2D eigenvalue weighted by molar-refractivity contribution is -0.145. The van der Waals surface area contributed by atoms with Crippen molar-refractivity contribution in [1.82, 2.24) is 19.6 Å². The van der Waals surface area contributed by atoms with Crippen LogP contribution in [0.5, 0.6) is 5.75 Å². The number of nitrogens with one attached hydrogen (secondary N) is 1. The summed E-state index contributed by atoms with van der Waals surface area (Å²) in [6.45, 7) is 3.46. The van der Waals surface area contributed by atoms with Gasteiger partial charge >= 0.3 is 0 Å². The predicted octanol–water partition coefficient (Wildman–Crippen LogP) is 3.62. The van der Waals surface area contributed by atoms with Crippen LogP contribution in [0.4, 0.5) is 0 Å². The number of para-hydroxylation sites is 1. The molecule has 7 nitrogen and oxygen atoms in total. The van der Waals surface area contributed by atoms with Gasteiger partial charge in [-0.25, -0.2) is 0 Å². The highest BCUT2D eigenvalue weighted by Crippen LogP contribution is 2.41. The van der Waals surface area contributed by atoms with Crippen molar-refractivity contribution in [3.05, 3.63) is 66.7 Å². The molecule has 4 heterocycles. The van der Waals surface area contributed by atoms with Crippen molar-refractivity contribution in [2.24, 2.45) is 5.92 Å². The molecular formula is C27H32N4O3. The molecule has 2 unspecified atom stereocenters. The maximum Gasteiger partial charge on any atom is 0.258 e. The fraction of sp³-hybridized carbons (Fsp3) is 0.444. The quantitative estimate of drug-likeness (QED) is 0.584. The molecule has 2 fully saturated rings. The second-order valence-corrected chi connectivity index (χ2v) is 10.1. The van der Waals surface area contributed by atoms with Gasteiger partial charge < -0.3 is 19.4 Å². The summed E-state index contributed by atoms with van der Waals surface area (Å²) in [5.41, 5.74) is 1.31. The Labute approximate surface area is 200 Å². The number of amides is 2. The van der Waals surface area contributed by atoms with Crippen LogP contribution in [0.25, 0.3) is 5.52 Å². The Balaban J connectivity index is 1.20. The monoisotopic (exact) mass is 460 g/mol. The van der Waals surface area contributed by atoms with Crippen LogP contribution in [-0.4, -0.2) is 50.3 Å². The highest BCUT2D eigenvalue weighted by atomic mass is 16.5. The molecule has 2 atom stereocenters. The minimum Gasteiger partial charge on any atom is -0.484 e. The number of ether oxygens (including phenoxy) is 1. The summed E-state index contributed by atoms with van der Waals surface area (Å²) >= 11 is 0. The molecule has 2 aliphatic rings. The highest BCUT2D eigenvalue weighted by molar-refractivity contribution is 5.91. The highest BCUT2D eigenvalue weighted by Gasteiger charge is 2.47. The molecule has 2 aromatic heterocycles. The van der Waals surface area contributed by atoms with E-state index < -0.39 is 5.54 Å². The van der Waals surface area contributed by atoms with Crippen molar-refractivity contribution in [3.63, 3.8) is 0 Å². The van der Waals surface area contributed by atoms with Gasteiger partial charge in [-0.15, -0.1) is 0 Å². The minimum atomic E-state index is -0.982. The molecule has 2 amide bonds. The van der Waals surface area contributed by atoms with E-state index in [1.54, 1.807) is 26.0 Å². The summed E-state index contributed by atoms with van der Waals surface area (Å²) in [7, 11) is 0. The van der Waals surface area contributed by atoms with E-state index in [0.717, 1.165) is 43.3 Å². The number of benzene rings is 1. The first-order valence-corrected chi connectivity index (χ1v) is 12.1. The van der Waals surface area contributed by atoms with Crippen LogP contribution in [0.15, 0.2) is 61.1 Å². The van der Waals surface area contributed by atoms with Crippen LogP contribution in [0.1, 0.15) is 45.2 Å². The minimum absolute atomic E-state index is 0.00155.